The van der Waals surface area contributed by atoms with Crippen LogP contribution in [0.2, 0.25) is 0 Å². The number of aliphatic imine (C=N–C) groups is 1. The molecule has 0 aliphatic heterocycles. The quantitative estimate of drug-likeness (QED) is 0.262. The number of nitrogens with one attached hydrogen (secondary N) is 2. The number of alkyl halides is 1. The molecule has 0 aliphatic carbocycles. The van der Waals surface area contributed by atoms with Gasteiger partial charge in [0.2, 0.25) is 5.91 Å². The van der Waals surface area contributed by atoms with Gasteiger partial charge in [-0.2, -0.15) is 0 Å². The fraction of sp³-hybridized carbons (Fsp3) is 0.467. The average molecular weight is 501 g/mol. The monoisotopic (exact) mass is 500 g/mol. The zero-order chi connectivity index (χ0) is 16.4. The Labute approximate surface area is 162 Å². The smallest absolute Gasteiger partial charge is 0.241 e. The van der Waals surface area contributed by atoms with Gasteiger partial charge in [0.25, 0.3) is 0 Å². The molecule has 0 bridgehead atoms. The topological polar surface area (TPSA) is 56.7 Å². The van der Waals surface area contributed by atoms with E-state index in [9.17, 15) is 9.18 Å². The van der Waals surface area contributed by atoms with Crippen molar-refractivity contribution in [3.05, 3.63) is 34.3 Å². The third-order valence-corrected chi connectivity index (χ3v) is 3.37. The Balaban J connectivity index is 0.00000484. The Kier molecular flexibility index (Phi) is 12.0. The molecule has 8 heteroatoms. The summed E-state index contributed by atoms with van der Waals surface area (Å²) in [5.74, 6) is 0.454. The van der Waals surface area contributed by atoms with Crippen molar-refractivity contribution in [1.82, 2.24) is 15.5 Å². The molecule has 23 heavy (non-hydrogen) atoms. The molecular weight excluding hydrogens is 478 g/mol. The van der Waals surface area contributed by atoms with Crippen molar-refractivity contribution in [2.24, 2.45) is 4.99 Å². The van der Waals surface area contributed by atoms with E-state index in [-0.39, 0.29) is 43.1 Å². The maximum absolute atomic E-state index is 12.2. The number of carbonyl (C=O) groups is 1. The van der Waals surface area contributed by atoms with E-state index in [2.05, 4.69) is 31.6 Å². The molecule has 0 atom stereocenters. The number of hydrogen-bond donors (Lipinski definition) is 2. The number of carbonyl (C=O) groups excluding carboxylic acids is 1. The molecule has 5 nitrogen and oxygen atoms in total. The van der Waals surface area contributed by atoms with E-state index in [1.54, 1.807) is 14.1 Å². The van der Waals surface area contributed by atoms with Crippen molar-refractivity contribution < 1.29 is 9.18 Å². The molecule has 0 saturated carbocycles. The van der Waals surface area contributed by atoms with Gasteiger partial charge in [0.15, 0.2) is 5.96 Å². The van der Waals surface area contributed by atoms with E-state index in [4.69, 9.17) is 0 Å². The van der Waals surface area contributed by atoms with Gasteiger partial charge in [0.1, 0.15) is 0 Å². The van der Waals surface area contributed by atoms with Crippen molar-refractivity contribution in [1.29, 1.82) is 0 Å². The molecule has 130 valence electrons. The van der Waals surface area contributed by atoms with Gasteiger partial charge < -0.3 is 15.5 Å². The van der Waals surface area contributed by atoms with Crippen molar-refractivity contribution in [3.63, 3.8) is 0 Å². The van der Waals surface area contributed by atoms with E-state index >= 15 is 0 Å². The van der Waals surface area contributed by atoms with Gasteiger partial charge in [-0.05, 0) is 24.1 Å². The average Bonchev–Trinajstić information content (AvgIpc) is 2.50. The van der Waals surface area contributed by atoms with Crippen LogP contribution >= 0.6 is 39.9 Å². The number of rotatable bonds is 7. The lowest BCUT2D eigenvalue weighted by Gasteiger charge is -2.14. The molecule has 1 aromatic carbocycles. The predicted octanol–water partition coefficient (Wildman–Crippen LogP) is 2.55. The van der Waals surface area contributed by atoms with E-state index < -0.39 is 0 Å². The number of likely N-dealkylation sites (N-methyl/N-ethyl adjacent to an activating group) is 1. The zero-order valence-corrected chi connectivity index (χ0v) is 17.2. The Morgan fingerprint density at radius 2 is 1.91 bits per heavy atom. The summed E-state index contributed by atoms with van der Waals surface area (Å²) in [4.78, 5) is 17.5. The number of nitrogens with zero attached hydrogens (tertiary/aromatic N) is 2. The van der Waals surface area contributed by atoms with Crippen LogP contribution in [0.25, 0.3) is 0 Å². The summed E-state index contributed by atoms with van der Waals surface area (Å²) in [7, 11) is 3.39. The van der Waals surface area contributed by atoms with Crippen LogP contribution in [-0.4, -0.2) is 50.6 Å². The summed E-state index contributed by atoms with van der Waals surface area (Å²) in [5.41, 5.74) is 1.05. The van der Waals surface area contributed by atoms with Crippen LogP contribution in [0.1, 0.15) is 12.0 Å². The van der Waals surface area contributed by atoms with Crippen LogP contribution in [0.4, 0.5) is 4.39 Å². The van der Waals surface area contributed by atoms with Gasteiger partial charge >= 0.3 is 0 Å². The molecule has 1 rings (SSSR count). The molecule has 0 radical (unpaired) electrons. The second-order valence-corrected chi connectivity index (χ2v) is 5.82. The van der Waals surface area contributed by atoms with E-state index in [1.165, 1.54) is 4.90 Å². The fourth-order valence-electron chi connectivity index (χ4n) is 1.53. The molecule has 0 saturated heterocycles. The van der Waals surface area contributed by atoms with E-state index in [0.717, 1.165) is 10.0 Å². The van der Waals surface area contributed by atoms with Gasteiger partial charge in [-0.15, -0.1) is 24.0 Å². The van der Waals surface area contributed by atoms with Crippen LogP contribution in [0.3, 0.4) is 0 Å². The summed E-state index contributed by atoms with van der Waals surface area (Å²) >= 11 is 3.38. The summed E-state index contributed by atoms with van der Waals surface area (Å²) < 4.78 is 13.2. The Morgan fingerprint density at radius 3 is 2.48 bits per heavy atom. The Bertz CT molecular complexity index is 497. The number of benzene rings is 1. The lowest BCUT2D eigenvalue weighted by molar-refractivity contribution is -0.127. The van der Waals surface area contributed by atoms with Crippen LogP contribution in [0, 0.1) is 0 Å². The second-order valence-electron chi connectivity index (χ2n) is 4.90. The normalized spacial score (nSPS) is 10.7. The first-order valence-corrected chi connectivity index (χ1v) is 7.85. The molecule has 0 aromatic heterocycles. The first kappa shape index (κ1) is 22.1. The summed E-state index contributed by atoms with van der Waals surface area (Å²) in [6, 6.07) is 7.84. The third kappa shape index (κ3) is 9.75. The van der Waals surface area contributed by atoms with Gasteiger partial charge in [0.05, 0.1) is 19.8 Å². The summed E-state index contributed by atoms with van der Waals surface area (Å²) in [5, 5.41) is 5.97. The molecule has 0 heterocycles. The molecule has 1 amide bonds. The lowest BCUT2D eigenvalue weighted by atomic mass is 10.2. The first-order valence-electron chi connectivity index (χ1n) is 7.05. The van der Waals surface area contributed by atoms with Gasteiger partial charge in [-0.1, -0.05) is 28.1 Å². The molecular formula is C15H23BrFIN4O. The van der Waals surface area contributed by atoms with E-state index in [0.29, 0.717) is 25.5 Å². The van der Waals surface area contributed by atoms with Crippen LogP contribution < -0.4 is 10.6 Å². The minimum atomic E-state index is -0.385. The number of amides is 1. The molecule has 0 aliphatic rings. The molecule has 1 aromatic rings. The maximum Gasteiger partial charge on any atom is 0.241 e. The van der Waals surface area contributed by atoms with Gasteiger partial charge in [-0.3, -0.25) is 9.18 Å². The number of hydrogen-bond acceptors (Lipinski definition) is 2. The highest BCUT2D eigenvalue weighted by atomic mass is 127. The lowest BCUT2D eigenvalue weighted by Crippen LogP contribution is -2.43. The van der Waals surface area contributed by atoms with Gasteiger partial charge in [0, 0.05) is 25.1 Å². The highest BCUT2D eigenvalue weighted by Gasteiger charge is 2.05. The first-order chi connectivity index (χ1) is 10.5. The minimum Gasteiger partial charge on any atom is -0.356 e. The Hall–Kier alpha value is -0.900. The second kappa shape index (κ2) is 12.5. The molecule has 2 N–H and O–H groups in total. The molecule has 0 fully saturated rings. The van der Waals surface area contributed by atoms with E-state index in [1.807, 2.05) is 24.3 Å². The van der Waals surface area contributed by atoms with Crippen molar-refractivity contribution in [2.75, 3.05) is 33.9 Å². The summed E-state index contributed by atoms with van der Waals surface area (Å²) in [6.07, 6.45) is 0.403. The third-order valence-electron chi connectivity index (χ3n) is 2.84. The van der Waals surface area contributed by atoms with Crippen molar-refractivity contribution >= 4 is 51.8 Å². The van der Waals surface area contributed by atoms with Crippen LogP contribution in [0.15, 0.2) is 33.7 Å². The van der Waals surface area contributed by atoms with Crippen LogP contribution in [0.5, 0.6) is 0 Å². The fourth-order valence-corrected chi connectivity index (χ4v) is 1.79. The highest BCUT2D eigenvalue weighted by Crippen LogP contribution is 2.10. The largest absolute Gasteiger partial charge is 0.356 e. The van der Waals surface area contributed by atoms with Crippen LogP contribution in [-0.2, 0) is 11.3 Å². The number of guanidine groups is 1. The SMILES string of the molecule is CN(C)C(=O)CNC(=NCc1ccc(Br)cc1)NCCCF.I. The zero-order valence-electron chi connectivity index (χ0n) is 13.3. The van der Waals surface area contributed by atoms with Crippen molar-refractivity contribution in [2.45, 2.75) is 13.0 Å². The summed E-state index contributed by atoms with van der Waals surface area (Å²) in [6.45, 7) is 0.714. The maximum atomic E-state index is 12.2. The Morgan fingerprint density at radius 1 is 1.26 bits per heavy atom. The standard InChI is InChI=1S/C15H22BrFN4O.HI/c1-21(2)14(22)11-20-15(18-9-3-8-17)19-10-12-4-6-13(16)7-5-12;/h4-7H,3,8-11H2,1-2H3,(H2,18,19,20);1H. The predicted molar refractivity (Wildman–Crippen MR) is 106 cm³/mol. The molecule has 0 spiro atoms. The molecule has 0 unspecified atom stereocenters. The van der Waals surface area contributed by atoms with Crippen molar-refractivity contribution in [3.8, 4) is 0 Å². The van der Waals surface area contributed by atoms with Gasteiger partial charge in [-0.25, -0.2) is 4.99 Å². The minimum absolute atomic E-state index is 0. The highest BCUT2D eigenvalue weighted by molar-refractivity contribution is 14.0. The number of halogens is 3.